The molecular formula is C14H18O3. The van der Waals surface area contributed by atoms with Gasteiger partial charge in [-0.3, -0.25) is 4.79 Å². The zero-order chi connectivity index (χ0) is 12.8. The van der Waals surface area contributed by atoms with Crippen molar-refractivity contribution in [3.8, 4) is 5.75 Å². The van der Waals surface area contributed by atoms with Crippen LogP contribution in [0.3, 0.4) is 0 Å². The standard InChI is InChI=1S/C14H18O3/c1-8(2)10-5-4-9(3)11(12(10)15)14(6-7-14)13(16)17/h4-5,8,15H,6-7H2,1-3H3,(H,16,17). The SMILES string of the molecule is Cc1ccc(C(C)C)c(O)c1C1(C(=O)O)CC1. The van der Waals surface area contributed by atoms with Crippen molar-refractivity contribution in [1.29, 1.82) is 0 Å². The van der Waals surface area contributed by atoms with Crippen molar-refractivity contribution in [1.82, 2.24) is 0 Å². The minimum absolute atomic E-state index is 0.180. The number of aryl methyl sites for hydroxylation is 1. The van der Waals surface area contributed by atoms with Crippen LogP contribution in [0.15, 0.2) is 12.1 Å². The van der Waals surface area contributed by atoms with E-state index in [1.807, 2.05) is 32.9 Å². The molecule has 1 saturated carbocycles. The quantitative estimate of drug-likeness (QED) is 0.845. The van der Waals surface area contributed by atoms with Gasteiger partial charge in [0, 0.05) is 5.56 Å². The topological polar surface area (TPSA) is 57.5 Å². The Hall–Kier alpha value is -1.51. The summed E-state index contributed by atoms with van der Waals surface area (Å²) in [7, 11) is 0. The summed E-state index contributed by atoms with van der Waals surface area (Å²) in [5.41, 5.74) is 1.49. The fourth-order valence-electron chi connectivity index (χ4n) is 2.47. The molecule has 0 radical (unpaired) electrons. The number of hydrogen-bond donors (Lipinski definition) is 2. The molecule has 0 aliphatic heterocycles. The summed E-state index contributed by atoms with van der Waals surface area (Å²) in [6.45, 7) is 5.85. The monoisotopic (exact) mass is 234 g/mol. The van der Waals surface area contributed by atoms with Crippen LogP contribution in [0.1, 0.15) is 49.3 Å². The van der Waals surface area contributed by atoms with Crippen molar-refractivity contribution < 1.29 is 15.0 Å². The first-order valence-corrected chi connectivity index (χ1v) is 5.96. The van der Waals surface area contributed by atoms with Gasteiger partial charge in [-0.25, -0.2) is 0 Å². The predicted molar refractivity (Wildman–Crippen MR) is 65.5 cm³/mol. The third-order valence-corrected chi connectivity index (χ3v) is 3.68. The highest BCUT2D eigenvalue weighted by molar-refractivity contribution is 5.86. The van der Waals surface area contributed by atoms with E-state index in [9.17, 15) is 15.0 Å². The molecule has 1 aromatic rings. The maximum Gasteiger partial charge on any atom is 0.314 e. The van der Waals surface area contributed by atoms with Gasteiger partial charge in [-0.2, -0.15) is 0 Å². The number of rotatable bonds is 3. The molecule has 0 bridgehead atoms. The van der Waals surface area contributed by atoms with Gasteiger partial charge in [-0.15, -0.1) is 0 Å². The number of carboxylic acid groups (broad SMARTS) is 1. The number of hydrogen-bond acceptors (Lipinski definition) is 2. The Morgan fingerprint density at radius 2 is 1.94 bits per heavy atom. The number of aromatic hydroxyl groups is 1. The largest absolute Gasteiger partial charge is 0.507 e. The first-order valence-electron chi connectivity index (χ1n) is 5.96. The maximum atomic E-state index is 11.4. The minimum atomic E-state index is -0.834. The molecule has 1 fully saturated rings. The van der Waals surface area contributed by atoms with Gasteiger partial charge in [0.15, 0.2) is 0 Å². The van der Waals surface area contributed by atoms with Crippen molar-refractivity contribution in [3.05, 3.63) is 28.8 Å². The molecule has 0 heterocycles. The number of aliphatic carboxylic acids is 1. The van der Waals surface area contributed by atoms with Crippen LogP contribution in [-0.4, -0.2) is 16.2 Å². The van der Waals surface area contributed by atoms with E-state index in [1.54, 1.807) is 0 Å². The lowest BCUT2D eigenvalue weighted by molar-refractivity contribution is -0.140. The Morgan fingerprint density at radius 3 is 2.35 bits per heavy atom. The van der Waals surface area contributed by atoms with E-state index in [0.717, 1.165) is 11.1 Å². The van der Waals surface area contributed by atoms with Gasteiger partial charge in [-0.1, -0.05) is 26.0 Å². The summed E-state index contributed by atoms with van der Waals surface area (Å²) in [5, 5.41) is 19.6. The van der Waals surface area contributed by atoms with Crippen LogP contribution >= 0.6 is 0 Å². The zero-order valence-corrected chi connectivity index (χ0v) is 10.4. The first kappa shape index (κ1) is 12.0. The Labute approximate surface area is 101 Å². The molecule has 0 spiro atoms. The second-order valence-corrected chi connectivity index (χ2v) is 5.24. The molecule has 0 saturated heterocycles. The number of benzene rings is 1. The normalized spacial score (nSPS) is 17.2. The second kappa shape index (κ2) is 3.76. The molecule has 0 atom stereocenters. The van der Waals surface area contributed by atoms with Crippen LogP contribution in [0, 0.1) is 6.92 Å². The lowest BCUT2D eigenvalue weighted by Crippen LogP contribution is -2.21. The highest BCUT2D eigenvalue weighted by atomic mass is 16.4. The summed E-state index contributed by atoms with van der Waals surface area (Å²) in [5.74, 6) is -0.448. The van der Waals surface area contributed by atoms with Crippen LogP contribution < -0.4 is 0 Å². The fraction of sp³-hybridized carbons (Fsp3) is 0.500. The van der Waals surface area contributed by atoms with Crippen LogP contribution in [0.4, 0.5) is 0 Å². The minimum Gasteiger partial charge on any atom is -0.507 e. The molecule has 0 unspecified atom stereocenters. The van der Waals surface area contributed by atoms with E-state index >= 15 is 0 Å². The molecule has 17 heavy (non-hydrogen) atoms. The third-order valence-electron chi connectivity index (χ3n) is 3.68. The van der Waals surface area contributed by atoms with E-state index in [4.69, 9.17) is 0 Å². The van der Waals surface area contributed by atoms with Crippen LogP contribution in [-0.2, 0) is 10.2 Å². The molecule has 0 amide bonds. The number of carbonyl (C=O) groups is 1. The molecule has 1 aromatic carbocycles. The average Bonchev–Trinajstić information content (AvgIpc) is 2.98. The van der Waals surface area contributed by atoms with E-state index in [0.29, 0.717) is 18.4 Å². The molecular weight excluding hydrogens is 216 g/mol. The van der Waals surface area contributed by atoms with Gasteiger partial charge in [0.1, 0.15) is 5.75 Å². The molecule has 2 rings (SSSR count). The highest BCUT2D eigenvalue weighted by Gasteiger charge is 2.54. The van der Waals surface area contributed by atoms with Crippen LogP contribution in [0.5, 0.6) is 5.75 Å². The molecule has 2 N–H and O–H groups in total. The highest BCUT2D eigenvalue weighted by Crippen LogP contribution is 2.53. The van der Waals surface area contributed by atoms with Gasteiger partial charge in [-0.05, 0) is 36.8 Å². The van der Waals surface area contributed by atoms with Gasteiger partial charge in [0.25, 0.3) is 0 Å². The lowest BCUT2D eigenvalue weighted by Gasteiger charge is -2.19. The van der Waals surface area contributed by atoms with Crippen molar-refractivity contribution in [2.75, 3.05) is 0 Å². The molecule has 92 valence electrons. The smallest absolute Gasteiger partial charge is 0.314 e. The van der Waals surface area contributed by atoms with E-state index in [1.165, 1.54) is 0 Å². The maximum absolute atomic E-state index is 11.4. The summed E-state index contributed by atoms with van der Waals surface area (Å²) >= 11 is 0. The lowest BCUT2D eigenvalue weighted by atomic mass is 9.87. The van der Waals surface area contributed by atoms with Gasteiger partial charge in [0.2, 0.25) is 0 Å². The van der Waals surface area contributed by atoms with Gasteiger partial charge >= 0.3 is 5.97 Å². The van der Waals surface area contributed by atoms with Gasteiger partial charge < -0.3 is 10.2 Å². The molecule has 1 aliphatic carbocycles. The number of carboxylic acids is 1. The molecule has 1 aliphatic rings. The summed E-state index contributed by atoms with van der Waals surface area (Å²) < 4.78 is 0. The van der Waals surface area contributed by atoms with Gasteiger partial charge in [0.05, 0.1) is 5.41 Å². The van der Waals surface area contributed by atoms with Crippen molar-refractivity contribution in [2.45, 2.75) is 44.9 Å². The Balaban J connectivity index is 2.61. The number of phenols is 1. The Kier molecular flexibility index (Phi) is 2.64. The summed E-state index contributed by atoms with van der Waals surface area (Å²) in [4.78, 5) is 11.4. The van der Waals surface area contributed by atoms with Crippen molar-refractivity contribution in [3.63, 3.8) is 0 Å². The molecule has 0 aromatic heterocycles. The van der Waals surface area contributed by atoms with Crippen LogP contribution in [0.25, 0.3) is 0 Å². The predicted octanol–water partition coefficient (Wildman–Crippen LogP) is 2.94. The second-order valence-electron chi connectivity index (χ2n) is 5.24. The average molecular weight is 234 g/mol. The first-order chi connectivity index (χ1) is 7.90. The molecule has 3 nitrogen and oxygen atoms in total. The van der Waals surface area contributed by atoms with E-state index < -0.39 is 11.4 Å². The Bertz CT molecular complexity index is 471. The zero-order valence-electron chi connectivity index (χ0n) is 10.4. The van der Waals surface area contributed by atoms with Crippen molar-refractivity contribution in [2.24, 2.45) is 0 Å². The molecule has 3 heteroatoms. The fourth-order valence-corrected chi connectivity index (χ4v) is 2.47. The van der Waals surface area contributed by atoms with Crippen LogP contribution in [0.2, 0.25) is 0 Å². The van der Waals surface area contributed by atoms with E-state index in [-0.39, 0.29) is 11.7 Å². The van der Waals surface area contributed by atoms with Crippen molar-refractivity contribution >= 4 is 5.97 Å². The summed E-state index contributed by atoms with van der Waals surface area (Å²) in [6, 6.07) is 3.80. The number of phenolic OH excluding ortho intramolecular Hbond substituents is 1. The summed E-state index contributed by atoms with van der Waals surface area (Å²) in [6.07, 6.45) is 1.25. The Morgan fingerprint density at radius 1 is 1.35 bits per heavy atom. The third kappa shape index (κ3) is 1.70. The van der Waals surface area contributed by atoms with E-state index in [2.05, 4.69) is 0 Å².